The zero-order valence-corrected chi connectivity index (χ0v) is 15.0. The number of aromatic nitrogens is 1. The van der Waals surface area contributed by atoms with Crippen molar-refractivity contribution in [1.29, 1.82) is 0 Å². The number of nitrogens with one attached hydrogen (secondary N) is 1. The van der Waals surface area contributed by atoms with Gasteiger partial charge in [-0.2, -0.15) is 0 Å². The Balaban J connectivity index is 1.30. The van der Waals surface area contributed by atoms with Crippen molar-refractivity contribution in [1.82, 2.24) is 9.71 Å². The Morgan fingerprint density at radius 2 is 1.88 bits per heavy atom. The van der Waals surface area contributed by atoms with Crippen LogP contribution in [0, 0.1) is 5.92 Å². The zero-order valence-electron chi connectivity index (χ0n) is 14.2. The van der Waals surface area contributed by atoms with Gasteiger partial charge in [0.15, 0.2) is 0 Å². The smallest absolute Gasteiger partial charge is 0.212 e. The van der Waals surface area contributed by atoms with Crippen molar-refractivity contribution in [2.45, 2.75) is 50.7 Å². The average molecular weight is 360 g/mol. The highest BCUT2D eigenvalue weighted by Crippen LogP contribution is 2.31. The maximum atomic E-state index is 12.1. The molecule has 0 unspecified atom stereocenters. The monoisotopic (exact) mass is 360 g/mol. The normalized spacial score (nSPS) is 24.3. The van der Waals surface area contributed by atoms with E-state index in [0.29, 0.717) is 11.7 Å². The van der Waals surface area contributed by atoms with E-state index in [1.165, 1.54) is 0 Å². The molecule has 2 fully saturated rings. The second-order valence-electron chi connectivity index (χ2n) is 7.29. The Labute approximate surface area is 148 Å². The SMILES string of the molecule is O=S(=O)(CC1CC1)NC1CCC(Oc2ccc3ncccc3c2)CC1. The summed E-state index contributed by atoms with van der Waals surface area (Å²) in [6, 6.07) is 9.96. The van der Waals surface area contributed by atoms with Crippen LogP contribution < -0.4 is 9.46 Å². The lowest BCUT2D eigenvalue weighted by Crippen LogP contribution is -2.40. The van der Waals surface area contributed by atoms with Crippen LogP contribution in [0.1, 0.15) is 38.5 Å². The number of hydrogen-bond donors (Lipinski definition) is 1. The van der Waals surface area contributed by atoms with Gasteiger partial charge in [-0.3, -0.25) is 4.98 Å². The molecular formula is C19H24N2O3S. The summed E-state index contributed by atoms with van der Waals surface area (Å²) in [6.07, 6.45) is 7.48. The maximum absolute atomic E-state index is 12.1. The molecule has 0 spiro atoms. The Hall–Kier alpha value is -1.66. The number of sulfonamides is 1. The van der Waals surface area contributed by atoms with E-state index in [0.717, 1.165) is 55.2 Å². The fraction of sp³-hybridized carbons (Fsp3) is 0.526. The van der Waals surface area contributed by atoms with Gasteiger partial charge in [-0.05, 0) is 68.7 Å². The number of pyridine rings is 1. The first-order valence-corrected chi connectivity index (χ1v) is 10.7. The molecule has 2 aromatic rings. The van der Waals surface area contributed by atoms with E-state index in [-0.39, 0.29) is 12.1 Å². The summed E-state index contributed by atoms with van der Waals surface area (Å²) >= 11 is 0. The molecule has 2 aliphatic carbocycles. The fourth-order valence-corrected chi connectivity index (χ4v) is 5.31. The lowest BCUT2D eigenvalue weighted by molar-refractivity contribution is 0.144. The first-order chi connectivity index (χ1) is 12.1. The Morgan fingerprint density at radius 1 is 1.08 bits per heavy atom. The zero-order chi connectivity index (χ0) is 17.3. The predicted molar refractivity (Wildman–Crippen MR) is 98.1 cm³/mol. The average Bonchev–Trinajstić information content (AvgIpc) is 3.39. The number of hydrogen-bond acceptors (Lipinski definition) is 4. The van der Waals surface area contributed by atoms with Crippen molar-refractivity contribution >= 4 is 20.9 Å². The van der Waals surface area contributed by atoms with Crippen LogP contribution in [-0.4, -0.2) is 31.3 Å². The number of ether oxygens (including phenoxy) is 1. The van der Waals surface area contributed by atoms with E-state index in [4.69, 9.17) is 4.74 Å². The minimum atomic E-state index is -3.12. The topological polar surface area (TPSA) is 68.3 Å². The summed E-state index contributed by atoms with van der Waals surface area (Å²) in [5, 5.41) is 1.07. The first-order valence-electron chi connectivity index (χ1n) is 9.09. The van der Waals surface area contributed by atoms with Gasteiger partial charge in [0.1, 0.15) is 5.75 Å². The molecule has 0 bridgehead atoms. The number of fused-ring (bicyclic) bond motifs is 1. The second kappa shape index (κ2) is 6.92. The number of benzene rings is 1. The van der Waals surface area contributed by atoms with Gasteiger partial charge in [-0.15, -0.1) is 0 Å². The Morgan fingerprint density at radius 3 is 2.64 bits per heavy atom. The van der Waals surface area contributed by atoms with E-state index in [2.05, 4.69) is 9.71 Å². The molecule has 1 heterocycles. The van der Waals surface area contributed by atoms with E-state index in [1.54, 1.807) is 6.20 Å². The molecule has 1 N–H and O–H groups in total. The van der Waals surface area contributed by atoms with E-state index in [1.807, 2.05) is 30.3 Å². The summed E-state index contributed by atoms with van der Waals surface area (Å²) in [5.41, 5.74) is 0.962. The number of nitrogens with zero attached hydrogens (tertiary/aromatic N) is 1. The standard InChI is InChI=1S/C19H24N2O3S/c22-25(23,13-14-3-4-14)21-16-5-7-17(8-6-16)24-18-9-10-19-15(12-18)2-1-11-20-19/h1-2,9-12,14,16-17,21H,3-8,13H2. The van der Waals surface area contributed by atoms with Crippen molar-refractivity contribution in [3.8, 4) is 5.75 Å². The molecule has 0 aliphatic heterocycles. The molecule has 134 valence electrons. The van der Waals surface area contributed by atoms with Crippen molar-refractivity contribution in [2.75, 3.05) is 5.75 Å². The van der Waals surface area contributed by atoms with Crippen molar-refractivity contribution < 1.29 is 13.2 Å². The van der Waals surface area contributed by atoms with Gasteiger partial charge >= 0.3 is 0 Å². The molecule has 2 saturated carbocycles. The molecule has 2 aliphatic rings. The van der Waals surface area contributed by atoms with Crippen molar-refractivity contribution in [3.63, 3.8) is 0 Å². The molecule has 25 heavy (non-hydrogen) atoms. The van der Waals surface area contributed by atoms with Crippen LogP contribution in [0.4, 0.5) is 0 Å². The van der Waals surface area contributed by atoms with Crippen LogP contribution in [0.15, 0.2) is 36.5 Å². The summed E-state index contributed by atoms with van der Waals surface area (Å²) in [7, 11) is -3.12. The van der Waals surface area contributed by atoms with E-state index in [9.17, 15) is 8.42 Å². The molecule has 0 radical (unpaired) electrons. The third-order valence-electron chi connectivity index (χ3n) is 5.05. The minimum absolute atomic E-state index is 0.0596. The van der Waals surface area contributed by atoms with Crippen LogP contribution in [0.2, 0.25) is 0 Å². The highest BCUT2D eigenvalue weighted by atomic mass is 32.2. The molecule has 4 rings (SSSR count). The van der Waals surface area contributed by atoms with E-state index >= 15 is 0 Å². The van der Waals surface area contributed by atoms with Gasteiger partial charge in [-0.1, -0.05) is 6.07 Å². The first kappa shape index (κ1) is 16.8. The summed E-state index contributed by atoms with van der Waals surface area (Å²) in [5.74, 6) is 1.55. The molecule has 1 aromatic heterocycles. The minimum Gasteiger partial charge on any atom is -0.490 e. The molecule has 6 heteroatoms. The lowest BCUT2D eigenvalue weighted by atomic mass is 9.93. The fourth-order valence-electron chi connectivity index (χ4n) is 3.51. The molecular weight excluding hydrogens is 336 g/mol. The molecule has 0 amide bonds. The maximum Gasteiger partial charge on any atom is 0.212 e. The Kier molecular flexibility index (Phi) is 4.65. The lowest BCUT2D eigenvalue weighted by Gasteiger charge is -2.29. The highest BCUT2D eigenvalue weighted by molar-refractivity contribution is 7.89. The quantitative estimate of drug-likeness (QED) is 0.858. The van der Waals surface area contributed by atoms with Crippen molar-refractivity contribution in [2.24, 2.45) is 5.92 Å². The third kappa shape index (κ3) is 4.50. The highest BCUT2D eigenvalue weighted by Gasteiger charge is 2.31. The third-order valence-corrected chi connectivity index (χ3v) is 6.65. The van der Waals surface area contributed by atoms with Crippen molar-refractivity contribution in [3.05, 3.63) is 36.5 Å². The van der Waals surface area contributed by atoms with Gasteiger partial charge in [0, 0.05) is 17.6 Å². The van der Waals surface area contributed by atoms with Crippen LogP contribution in [0.3, 0.4) is 0 Å². The van der Waals surface area contributed by atoms with Gasteiger partial charge in [0.2, 0.25) is 10.0 Å². The van der Waals surface area contributed by atoms with Gasteiger partial charge in [0.05, 0.1) is 17.4 Å². The molecule has 0 atom stereocenters. The molecule has 5 nitrogen and oxygen atoms in total. The van der Waals surface area contributed by atoms with Crippen LogP contribution in [-0.2, 0) is 10.0 Å². The van der Waals surface area contributed by atoms with Gasteiger partial charge < -0.3 is 4.74 Å². The second-order valence-corrected chi connectivity index (χ2v) is 9.09. The predicted octanol–water partition coefficient (Wildman–Crippen LogP) is 3.25. The summed E-state index contributed by atoms with van der Waals surface area (Å²) in [4.78, 5) is 4.32. The largest absolute Gasteiger partial charge is 0.490 e. The number of rotatable bonds is 6. The van der Waals surface area contributed by atoms with Crippen LogP contribution >= 0.6 is 0 Å². The summed E-state index contributed by atoms with van der Waals surface area (Å²) < 4.78 is 33.2. The van der Waals surface area contributed by atoms with E-state index < -0.39 is 10.0 Å². The van der Waals surface area contributed by atoms with Crippen LogP contribution in [0.25, 0.3) is 10.9 Å². The van der Waals surface area contributed by atoms with Gasteiger partial charge in [0.25, 0.3) is 0 Å². The van der Waals surface area contributed by atoms with Crippen LogP contribution in [0.5, 0.6) is 5.75 Å². The molecule has 1 aromatic carbocycles. The molecule has 0 saturated heterocycles. The van der Waals surface area contributed by atoms with Gasteiger partial charge in [-0.25, -0.2) is 13.1 Å². The summed E-state index contributed by atoms with van der Waals surface area (Å²) in [6.45, 7) is 0. The Bertz CT molecular complexity index is 841.